The van der Waals surface area contributed by atoms with E-state index in [-0.39, 0.29) is 5.37 Å². The summed E-state index contributed by atoms with van der Waals surface area (Å²) >= 11 is 1.44. The molecule has 1 saturated heterocycles. The Bertz CT molecular complexity index is 190. The van der Waals surface area contributed by atoms with Gasteiger partial charge in [-0.2, -0.15) is 0 Å². The van der Waals surface area contributed by atoms with Gasteiger partial charge in [-0.15, -0.1) is 11.8 Å². The zero-order valence-electron chi connectivity index (χ0n) is 8.15. The molecule has 0 aliphatic carbocycles. The predicted octanol–water partition coefficient (Wildman–Crippen LogP) is -2.92. The van der Waals surface area contributed by atoms with Gasteiger partial charge in [-0.25, -0.2) is 0 Å². The lowest BCUT2D eigenvalue weighted by Gasteiger charge is -2.28. The highest BCUT2D eigenvalue weighted by Gasteiger charge is 2.35. The van der Waals surface area contributed by atoms with Crippen molar-refractivity contribution < 1.29 is 25.5 Å². The summed E-state index contributed by atoms with van der Waals surface area (Å²) in [6.07, 6.45) is -5.64. The van der Waals surface area contributed by atoms with E-state index in [0.29, 0.717) is 0 Å². The number of aliphatic hydroxyl groups excluding tert-OH is 5. The van der Waals surface area contributed by atoms with Gasteiger partial charge in [0.1, 0.15) is 24.4 Å². The van der Waals surface area contributed by atoms with Gasteiger partial charge >= 0.3 is 0 Å². The monoisotopic (exact) mass is 239 g/mol. The minimum absolute atomic E-state index is 0.347. The van der Waals surface area contributed by atoms with Crippen LogP contribution in [-0.2, 0) is 0 Å². The summed E-state index contributed by atoms with van der Waals surface area (Å²) in [5, 5.41) is 48.8. The molecule has 90 valence electrons. The summed E-state index contributed by atoms with van der Waals surface area (Å²) in [4.78, 5) is 0. The predicted molar refractivity (Wildman–Crippen MR) is 55.4 cm³/mol. The van der Waals surface area contributed by atoms with Gasteiger partial charge in [0, 0.05) is 12.3 Å². The summed E-state index contributed by atoms with van der Waals surface area (Å²) in [6.45, 7) is 0.0773. The molecule has 0 aromatic rings. The molecule has 1 rings (SSSR count). The maximum Gasteiger partial charge on any atom is 0.111 e. The van der Waals surface area contributed by atoms with E-state index in [1.807, 2.05) is 0 Å². The van der Waals surface area contributed by atoms with E-state index in [4.69, 9.17) is 10.2 Å². The van der Waals surface area contributed by atoms with Gasteiger partial charge in [-0.1, -0.05) is 0 Å². The third-order valence-electron chi connectivity index (χ3n) is 2.34. The molecule has 0 amide bonds. The van der Waals surface area contributed by atoms with E-state index in [9.17, 15) is 15.3 Å². The molecular formula is C8H17NO5S. The summed E-state index contributed by atoms with van der Waals surface area (Å²) in [5.74, 6) is 0.826. The van der Waals surface area contributed by atoms with E-state index in [0.717, 1.165) is 12.3 Å². The number of thioether (sulfide) groups is 1. The Morgan fingerprint density at radius 2 is 1.87 bits per heavy atom. The molecule has 0 spiro atoms. The fourth-order valence-electron chi connectivity index (χ4n) is 1.38. The normalized spacial score (nSPS) is 29.8. The zero-order valence-corrected chi connectivity index (χ0v) is 8.97. The highest BCUT2D eigenvalue weighted by Crippen LogP contribution is 2.20. The fourth-order valence-corrected chi connectivity index (χ4v) is 2.47. The Morgan fingerprint density at radius 1 is 1.20 bits per heavy atom. The van der Waals surface area contributed by atoms with Crippen LogP contribution >= 0.6 is 11.8 Å². The Kier molecular flexibility index (Phi) is 5.27. The van der Waals surface area contributed by atoms with Crippen molar-refractivity contribution in [2.75, 3.05) is 18.9 Å². The van der Waals surface area contributed by atoms with Crippen molar-refractivity contribution in [3.8, 4) is 0 Å². The van der Waals surface area contributed by atoms with Crippen LogP contribution in [0.5, 0.6) is 0 Å². The number of nitrogens with one attached hydrogen (secondary N) is 1. The maximum atomic E-state index is 9.65. The highest BCUT2D eigenvalue weighted by molar-refractivity contribution is 8.00. The molecule has 1 fully saturated rings. The van der Waals surface area contributed by atoms with Gasteiger partial charge in [0.15, 0.2) is 0 Å². The minimum atomic E-state index is -1.55. The average Bonchev–Trinajstić information content (AvgIpc) is 2.78. The molecule has 0 bridgehead atoms. The van der Waals surface area contributed by atoms with E-state index >= 15 is 0 Å². The van der Waals surface area contributed by atoms with Crippen molar-refractivity contribution >= 4 is 11.8 Å². The van der Waals surface area contributed by atoms with E-state index < -0.39 is 31.0 Å². The summed E-state index contributed by atoms with van der Waals surface area (Å²) in [5.41, 5.74) is 0. The SMILES string of the molecule is OC[C@@H](O)[C@H](O)[C@H](O)[C@@H](O)[C@@H]1NCCS1. The Labute approximate surface area is 91.9 Å². The van der Waals surface area contributed by atoms with Gasteiger partial charge in [0.25, 0.3) is 0 Å². The van der Waals surface area contributed by atoms with E-state index in [2.05, 4.69) is 5.32 Å². The lowest BCUT2D eigenvalue weighted by Crippen LogP contribution is -2.51. The van der Waals surface area contributed by atoms with Gasteiger partial charge < -0.3 is 30.8 Å². The van der Waals surface area contributed by atoms with Crippen molar-refractivity contribution in [1.29, 1.82) is 0 Å². The number of hydrogen-bond acceptors (Lipinski definition) is 7. The van der Waals surface area contributed by atoms with Gasteiger partial charge in [0.2, 0.25) is 0 Å². The topological polar surface area (TPSA) is 113 Å². The molecule has 0 unspecified atom stereocenters. The van der Waals surface area contributed by atoms with Crippen LogP contribution in [0.2, 0.25) is 0 Å². The molecule has 1 heterocycles. The lowest BCUT2D eigenvalue weighted by molar-refractivity contribution is -0.115. The average molecular weight is 239 g/mol. The van der Waals surface area contributed by atoms with Crippen LogP contribution in [0.15, 0.2) is 0 Å². The quantitative estimate of drug-likeness (QED) is 0.305. The Balaban J connectivity index is 2.46. The molecule has 1 aliphatic heterocycles. The van der Waals surface area contributed by atoms with Crippen LogP contribution in [0.4, 0.5) is 0 Å². The smallest absolute Gasteiger partial charge is 0.111 e. The first-order valence-electron chi connectivity index (χ1n) is 4.76. The fraction of sp³-hybridized carbons (Fsp3) is 1.00. The Morgan fingerprint density at radius 3 is 2.33 bits per heavy atom. The molecule has 15 heavy (non-hydrogen) atoms. The molecule has 6 nitrogen and oxygen atoms in total. The van der Waals surface area contributed by atoms with Crippen molar-refractivity contribution in [3.63, 3.8) is 0 Å². The second kappa shape index (κ2) is 6.00. The largest absolute Gasteiger partial charge is 0.394 e. The number of hydrogen-bond donors (Lipinski definition) is 6. The van der Waals surface area contributed by atoms with Gasteiger partial charge in [0.05, 0.1) is 12.0 Å². The summed E-state index contributed by atoms with van der Waals surface area (Å²) in [6, 6.07) is 0. The molecule has 6 N–H and O–H groups in total. The van der Waals surface area contributed by atoms with Crippen LogP contribution in [-0.4, -0.2) is 74.2 Å². The number of rotatable bonds is 5. The van der Waals surface area contributed by atoms with E-state index in [1.165, 1.54) is 11.8 Å². The molecule has 0 aromatic carbocycles. The molecule has 0 aromatic heterocycles. The molecule has 0 radical (unpaired) electrons. The molecule has 0 saturated carbocycles. The second-order valence-corrected chi connectivity index (χ2v) is 4.72. The van der Waals surface area contributed by atoms with Crippen molar-refractivity contribution in [2.24, 2.45) is 0 Å². The maximum absolute atomic E-state index is 9.65. The second-order valence-electron chi connectivity index (χ2n) is 3.47. The standard InChI is InChI=1S/C8H17NO5S/c10-3-4(11)5(12)6(13)7(14)8-9-1-2-15-8/h4-14H,1-3H2/t4-,5+,6+,7-,8-/m1/s1. The first-order valence-corrected chi connectivity index (χ1v) is 5.81. The minimum Gasteiger partial charge on any atom is -0.394 e. The molecule has 7 heteroatoms. The van der Waals surface area contributed by atoms with Gasteiger partial charge in [-0.05, 0) is 0 Å². The zero-order chi connectivity index (χ0) is 11.4. The molecule has 1 aliphatic rings. The van der Waals surface area contributed by atoms with Crippen LogP contribution in [0.25, 0.3) is 0 Å². The molecule has 5 atom stereocenters. The van der Waals surface area contributed by atoms with Crippen LogP contribution in [0, 0.1) is 0 Å². The lowest BCUT2D eigenvalue weighted by atomic mass is 10.0. The van der Waals surface area contributed by atoms with E-state index in [1.54, 1.807) is 0 Å². The van der Waals surface area contributed by atoms with Crippen LogP contribution in [0.3, 0.4) is 0 Å². The van der Waals surface area contributed by atoms with Crippen molar-refractivity contribution in [2.45, 2.75) is 29.8 Å². The van der Waals surface area contributed by atoms with Crippen molar-refractivity contribution in [1.82, 2.24) is 5.32 Å². The Hall–Kier alpha value is 0.110. The first kappa shape index (κ1) is 13.2. The third kappa shape index (κ3) is 3.28. The van der Waals surface area contributed by atoms with Crippen LogP contribution in [0.1, 0.15) is 0 Å². The number of aliphatic hydroxyl groups is 5. The molecular weight excluding hydrogens is 222 g/mol. The summed E-state index contributed by atoms with van der Waals surface area (Å²) < 4.78 is 0. The van der Waals surface area contributed by atoms with Crippen molar-refractivity contribution in [3.05, 3.63) is 0 Å². The third-order valence-corrected chi connectivity index (χ3v) is 3.58. The van der Waals surface area contributed by atoms with Crippen LogP contribution < -0.4 is 5.32 Å². The summed E-state index contributed by atoms with van der Waals surface area (Å²) in [7, 11) is 0. The highest BCUT2D eigenvalue weighted by atomic mass is 32.2. The van der Waals surface area contributed by atoms with Gasteiger partial charge in [-0.3, -0.25) is 0 Å². The first-order chi connectivity index (χ1) is 7.07.